The van der Waals surface area contributed by atoms with E-state index in [0.717, 1.165) is 9.80 Å². The predicted molar refractivity (Wildman–Crippen MR) is 206 cm³/mol. The number of esters is 3. The molecule has 0 saturated heterocycles. The Hall–Kier alpha value is -7.83. The van der Waals surface area contributed by atoms with Crippen LogP contribution in [0.15, 0.2) is 91.2 Å². The minimum absolute atomic E-state index is 0.0999. The van der Waals surface area contributed by atoms with Crippen molar-refractivity contribution in [1.29, 1.82) is 0 Å². The fraction of sp³-hybridized carbons (Fsp3) is 0.244. The number of carboxylic acid groups (broad SMARTS) is 4. The molecular formula is C41H38N2O17. The molecule has 0 aromatic heterocycles. The fourth-order valence-electron chi connectivity index (χ4n) is 6.50. The standard InChI is InChI=1S/C41H38N2O17/c1-4-26(58-23(2)44)10-9-25-22-57-34-15-27(59-24(3)45)11-12-29(34)41(25)30-17-35(32(16-28(30)40(54)60-41)43(20-38(50)51)21-39(52)53)56-14-13-55-33-8-6-5-7-31(33)42(18-36(46)47)19-37(48)49/h4-12,15-17,22,26H,1,13-14,18-21H2,2-3H3,(H,46,47)(H,48,49)(H,50,51)(H,52,53)/b10-9-. The van der Waals surface area contributed by atoms with Crippen LogP contribution in [0.3, 0.4) is 0 Å². The average Bonchev–Trinajstić information content (AvgIpc) is 3.44. The number of para-hydroxylation sites is 2. The SMILES string of the molecule is C=CC(/C=C\C1=COc2cc(OC(C)=O)ccc2C12OC(=O)c1cc(N(CC(=O)O)CC(=O)O)c(OCCOc3ccccc3N(CC(=O)O)CC(=O)O)cc12)OC(C)=O. The first kappa shape index (κ1) is 43.3. The second-order valence-electron chi connectivity index (χ2n) is 13.0. The molecule has 2 unspecified atom stereocenters. The van der Waals surface area contributed by atoms with E-state index < -0.39 is 79.7 Å². The monoisotopic (exact) mass is 830 g/mol. The summed E-state index contributed by atoms with van der Waals surface area (Å²) in [6.45, 7) is 2.53. The molecule has 3 aromatic carbocycles. The molecule has 19 heteroatoms. The van der Waals surface area contributed by atoms with E-state index in [0.29, 0.717) is 0 Å². The molecule has 0 bridgehead atoms. The van der Waals surface area contributed by atoms with Gasteiger partial charge in [-0.2, -0.15) is 0 Å². The molecule has 0 saturated carbocycles. The van der Waals surface area contributed by atoms with Gasteiger partial charge in [0.15, 0.2) is 5.60 Å². The average molecular weight is 831 g/mol. The summed E-state index contributed by atoms with van der Waals surface area (Å²) in [7, 11) is 0. The molecule has 5 rings (SSSR count). The summed E-state index contributed by atoms with van der Waals surface area (Å²) in [5, 5.41) is 38.3. The Labute approximate surface area is 340 Å². The smallest absolute Gasteiger partial charge is 0.340 e. The van der Waals surface area contributed by atoms with E-state index in [1.165, 1.54) is 80.8 Å². The number of nitrogens with zero attached hydrogens (tertiary/aromatic N) is 2. The van der Waals surface area contributed by atoms with E-state index in [4.69, 9.17) is 28.4 Å². The number of hydrogen-bond donors (Lipinski definition) is 4. The second kappa shape index (κ2) is 18.6. The van der Waals surface area contributed by atoms with E-state index in [2.05, 4.69) is 6.58 Å². The highest BCUT2D eigenvalue weighted by Crippen LogP contribution is 2.55. The molecule has 2 atom stereocenters. The summed E-state index contributed by atoms with van der Waals surface area (Å²) in [4.78, 5) is 86.6. The molecule has 3 aromatic rings. The Morgan fingerprint density at radius 1 is 0.767 bits per heavy atom. The third-order valence-corrected chi connectivity index (χ3v) is 8.71. The Morgan fingerprint density at radius 2 is 1.37 bits per heavy atom. The number of anilines is 2. The van der Waals surface area contributed by atoms with Crippen LogP contribution >= 0.6 is 0 Å². The van der Waals surface area contributed by atoms with E-state index in [1.807, 2.05) is 0 Å². The Balaban J connectivity index is 1.62. The Kier molecular flexibility index (Phi) is 13.4. The topological polar surface area (TPSA) is 262 Å². The van der Waals surface area contributed by atoms with Crippen molar-refractivity contribution in [1.82, 2.24) is 0 Å². The van der Waals surface area contributed by atoms with Gasteiger partial charge in [-0.1, -0.05) is 24.8 Å². The first-order chi connectivity index (χ1) is 28.5. The first-order valence-corrected chi connectivity index (χ1v) is 17.8. The van der Waals surface area contributed by atoms with Crippen LogP contribution in [0.25, 0.3) is 0 Å². The zero-order valence-corrected chi connectivity index (χ0v) is 32.0. The molecule has 1 spiro atoms. The van der Waals surface area contributed by atoms with Gasteiger partial charge in [0.25, 0.3) is 0 Å². The number of ether oxygens (including phenoxy) is 6. The molecule has 2 heterocycles. The van der Waals surface area contributed by atoms with Crippen LogP contribution in [0.4, 0.5) is 11.4 Å². The van der Waals surface area contributed by atoms with Crippen LogP contribution in [0.2, 0.25) is 0 Å². The molecule has 19 nitrogen and oxygen atoms in total. The van der Waals surface area contributed by atoms with Gasteiger partial charge < -0.3 is 58.6 Å². The highest BCUT2D eigenvalue weighted by atomic mass is 16.6. The lowest BCUT2D eigenvalue weighted by Gasteiger charge is -2.35. The van der Waals surface area contributed by atoms with E-state index >= 15 is 0 Å². The minimum Gasteiger partial charge on any atom is -0.488 e. The molecule has 4 N–H and O–H groups in total. The van der Waals surface area contributed by atoms with Crippen molar-refractivity contribution in [2.45, 2.75) is 25.6 Å². The van der Waals surface area contributed by atoms with Gasteiger partial charge in [-0.15, -0.1) is 0 Å². The van der Waals surface area contributed by atoms with Crippen LogP contribution in [0, 0.1) is 0 Å². The van der Waals surface area contributed by atoms with Crippen molar-refractivity contribution in [2.75, 3.05) is 49.2 Å². The summed E-state index contributed by atoms with van der Waals surface area (Å²) < 4.78 is 34.7. The maximum Gasteiger partial charge on any atom is 0.340 e. The second-order valence-corrected chi connectivity index (χ2v) is 13.0. The van der Waals surface area contributed by atoms with Crippen molar-refractivity contribution < 1.29 is 82.4 Å². The number of carbonyl (C=O) groups is 7. The number of fused-ring (bicyclic) bond motifs is 4. The molecule has 2 aliphatic heterocycles. The largest absolute Gasteiger partial charge is 0.488 e. The van der Waals surface area contributed by atoms with Crippen LogP contribution in [0.5, 0.6) is 23.0 Å². The van der Waals surface area contributed by atoms with Crippen molar-refractivity contribution in [3.63, 3.8) is 0 Å². The van der Waals surface area contributed by atoms with Gasteiger partial charge in [0.05, 0.1) is 23.2 Å². The molecule has 0 radical (unpaired) electrons. The van der Waals surface area contributed by atoms with Gasteiger partial charge in [0.1, 0.15) is 68.5 Å². The summed E-state index contributed by atoms with van der Waals surface area (Å²) >= 11 is 0. The quantitative estimate of drug-likeness (QED) is 0.0550. The summed E-state index contributed by atoms with van der Waals surface area (Å²) in [5.74, 6) is -7.35. The van der Waals surface area contributed by atoms with Gasteiger partial charge in [-0.05, 0) is 48.6 Å². The van der Waals surface area contributed by atoms with E-state index in [-0.39, 0.29) is 69.9 Å². The molecule has 0 amide bonds. The Morgan fingerprint density at radius 3 is 1.95 bits per heavy atom. The molecule has 314 valence electrons. The van der Waals surface area contributed by atoms with Crippen molar-refractivity contribution in [3.8, 4) is 23.0 Å². The molecular weight excluding hydrogens is 792 g/mol. The lowest BCUT2D eigenvalue weighted by atomic mass is 9.78. The number of aliphatic carboxylic acids is 4. The summed E-state index contributed by atoms with van der Waals surface area (Å²) in [6, 6.07) is 13.0. The number of carboxylic acids is 4. The fourth-order valence-corrected chi connectivity index (χ4v) is 6.50. The summed E-state index contributed by atoms with van der Waals surface area (Å²) in [6.07, 6.45) is 4.59. The Bertz CT molecular complexity index is 2270. The maximum atomic E-state index is 14.0. The molecule has 2 aliphatic rings. The van der Waals surface area contributed by atoms with E-state index in [9.17, 15) is 54.0 Å². The van der Waals surface area contributed by atoms with Crippen LogP contribution in [-0.4, -0.2) is 108 Å². The lowest BCUT2D eigenvalue weighted by molar-refractivity contribution is -0.142. The predicted octanol–water partition coefficient (Wildman–Crippen LogP) is 3.39. The minimum atomic E-state index is -1.85. The number of benzene rings is 3. The third kappa shape index (κ3) is 9.99. The number of rotatable bonds is 20. The van der Waals surface area contributed by atoms with Crippen LogP contribution < -0.4 is 28.7 Å². The van der Waals surface area contributed by atoms with Crippen LogP contribution in [0.1, 0.15) is 35.3 Å². The number of carbonyl (C=O) groups excluding carboxylic acids is 3. The van der Waals surface area contributed by atoms with Gasteiger partial charge >= 0.3 is 41.8 Å². The zero-order chi connectivity index (χ0) is 43.7. The third-order valence-electron chi connectivity index (χ3n) is 8.71. The van der Waals surface area contributed by atoms with Crippen molar-refractivity contribution in [2.24, 2.45) is 0 Å². The van der Waals surface area contributed by atoms with E-state index in [1.54, 1.807) is 12.1 Å². The number of hydrogen-bond acceptors (Lipinski definition) is 15. The molecule has 60 heavy (non-hydrogen) atoms. The van der Waals surface area contributed by atoms with Gasteiger partial charge in [0.2, 0.25) is 0 Å². The normalized spacial score (nSPS) is 15.3. The van der Waals surface area contributed by atoms with Gasteiger partial charge in [-0.25, -0.2) is 4.79 Å². The van der Waals surface area contributed by atoms with Gasteiger partial charge in [0, 0.05) is 36.6 Å². The highest BCUT2D eigenvalue weighted by Gasteiger charge is 2.53. The van der Waals surface area contributed by atoms with Crippen molar-refractivity contribution >= 4 is 53.2 Å². The molecule has 0 fully saturated rings. The summed E-state index contributed by atoms with van der Waals surface area (Å²) in [5.41, 5.74) is -1.39. The zero-order valence-electron chi connectivity index (χ0n) is 32.0. The maximum absolute atomic E-state index is 14.0. The lowest BCUT2D eigenvalue weighted by Crippen LogP contribution is -2.35. The van der Waals surface area contributed by atoms with Gasteiger partial charge in [-0.3, -0.25) is 28.8 Å². The first-order valence-electron chi connectivity index (χ1n) is 17.8. The van der Waals surface area contributed by atoms with Crippen LogP contribution in [-0.2, 0) is 43.8 Å². The molecule has 0 aliphatic carbocycles. The highest BCUT2D eigenvalue weighted by molar-refractivity contribution is 5.99. The van der Waals surface area contributed by atoms with Crippen molar-refractivity contribution in [3.05, 3.63) is 108 Å².